The molecule has 11 rings (SSSR count). The molecule has 0 N–H and O–H groups in total. The lowest BCUT2D eigenvalue weighted by Crippen LogP contribution is -2.33. The molecule has 0 radical (unpaired) electrons. The molecule has 0 saturated carbocycles. The Kier molecular flexibility index (Phi) is 4.89. The van der Waals surface area contributed by atoms with Crippen LogP contribution in [0.2, 0.25) is 0 Å². The number of allylic oxidation sites excluding steroid dienone is 4. The van der Waals surface area contributed by atoms with Gasteiger partial charge in [0.1, 0.15) is 17.1 Å². The Labute approximate surface area is 271 Å². The Balaban J connectivity index is 1.23. The van der Waals surface area contributed by atoms with Crippen molar-refractivity contribution in [2.24, 2.45) is 0 Å². The zero-order chi connectivity index (χ0) is 30.7. The number of hydrogen-bond donors (Lipinski definition) is 0. The fourth-order valence-electron chi connectivity index (χ4n) is 8.90. The van der Waals surface area contributed by atoms with Crippen LogP contribution in [-0.2, 0) is 5.41 Å². The van der Waals surface area contributed by atoms with Crippen molar-refractivity contribution < 1.29 is 4.74 Å². The van der Waals surface area contributed by atoms with Gasteiger partial charge in [0.25, 0.3) is 0 Å². The monoisotopic (exact) mass is 600 g/mol. The van der Waals surface area contributed by atoms with E-state index in [0.29, 0.717) is 0 Å². The molecular formula is C44H28N2O. The fraction of sp³-hybridized carbons (Fsp3) is 0.0682. The fourth-order valence-corrected chi connectivity index (χ4v) is 8.90. The summed E-state index contributed by atoms with van der Waals surface area (Å²) in [5, 5.41) is 3.55. The number of fused-ring (bicyclic) bond motifs is 16. The smallest absolute Gasteiger partial charge is 0.146 e. The molecule has 3 aliphatic rings. The van der Waals surface area contributed by atoms with E-state index in [1.54, 1.807) is 0 Å². The maximum Gasteiger partial charge on any atom is 0.146 e. The summed E-state index contributed by atoms with van der Waals surface area (Å²) in [4.78, 5) is 5.19. The minimum Gasteiger partial charge on any atom is -0.456 e. The minimum absolute atomic E-state index is 0.405. The maximum absolute atomic E-state index is 7.00. The molecule has 3 heterocycles. The first-order valence-corrected chi connectivity index (χ1v) is 16.5. The van der Waals surface area contributed by atoms with Gasteiger partial charge in [0.2, 0.25) is 0 Å². The molecule has 3 nitrogen and oxygen atoms in total. The zero-order valence-electron chi connectivity index (χ0n) is 25.6. The number of rotatable bonds is 1. The largest absolute Gasteiger partial charge is 0.456 e. The predicted octanol–water partition coefficient (Wildman–Crippen LogP) is 11.0. The molecular weight excluding hydrogens is 572 g/mol. The lowest BCUT2D eigenvalue weighted by atomic mass is 9.63. The summed E-state index contributed by atoms with van der Waals surface area (Å²) in [6.45, 7) is 0. The molecule has 2 aromatic heterocycles. The topological polar surface area (TPSA) is 26.5 Å². The van der Waals surface area contributed by atoms with Gasteiger partial charge in [-0.25, -0.2) is 4.98 Å². The highest BCUT2D eigenvalue weighted by Gasteiger charge is 2.52. The molecule has 0 bridgehead atoms. The Hall–Kier alpha value is -5.93. The Morgan fingerprint density at radius 3 is 2.34 bits per heavy atom. The van der Waals surface area contributed by atoms with Crippen LogP contribution < -0.4 is 4.74 Å². The third-order valence-electron chi connectivity index (χ3n) is 10.7. The van der Waals surface area contributed by atoms with Crippen LogP contribution in [0.4, 0.5) is 0 Å². The normalized spacial score (nSPS) is 17.7. The summed E-state index contributed by atoms with van der Waals surface area (Å²) < 4.78 is 9.32. The van der Waals surface area contributed by atoms with E-state index in [1.807, 2.05) is 0 Å². The van der Waals surface area contributed by atoms with E-state index in [9.17, 15) is 0 Å². The van der Waals surface area contributed by atoms with E-state index >= 15 is 0 Å². The highest BCUT2D eigenvalue weighted by Crippen LogP contribution is 2.63. The maximum atomic E-state index is 7.00. The number of imidazole rings is 1. The second-order valence-electron chi connectivity index (χ2n) is 12.9. The van der Waals surface area contributed by atoms with E-state index < -0.39 is 5.41 Å². The van der Waals surface area contributed by atoms with E-state index in [1.165, 1.54) is 49.7 Å². The van der Waals surface area contributed by atoms with E-state index in [-0.39, 0.29) is 0 Å². The van der Waals surface area contributed by atoms with Gasteiger partial charge in [-0.3, -0.25) is 4.40 Å². The number of para-hydroxylation sites is 5. The highest BCUT2D eigenvalue weighted by atomic mass is 16.5. The van der Waals surface area contributed by atoms with Gasteiger partial charge >= 0.3 is 0 Å². The van der Waals surface area contributed by atoms with Gasteiger partial charge in [0, 0.05) is 27.5 Å². The summed E-state index contributed by atoms with van der Waals surface area (Å²) in [6.07, 6.45) is 6.74. The van der Waals surface area contributed by atoms with Crippen molar-refractivity contribution in [2.45, 2.75) is 18.3 Å². The molecule has 0 fully saturated rings. The second kappa shape index (κ2) is 9.08. The number of nitrogens with zero attached hydrogens (tertiary/aromatic N) is 2. The summed E-state index contributed by atoms with van der Waals surface area (Å²) in [5.41, 5.74) is 14.1. The summed E-state index contributed by atoms with van der Waals surface area (Å²) in [7, 11) is 0. The zero-order valence-corrected chi connectivity index (χ0v) is 25.6. The Bertz CT molecular complexity index is 2730. The summed E-state index contributed by atoms with van der Waals surface area (Å²) >= 11 is 0. The molecule has 0 saturated heterocycles. The van der Waals surface area contributed by atoms with Crippen LogP contribution in [0.3, 0.4) is 0 Å². The number of benzene rings is 6. The molecule has 1 unspecified atom stereocenters. The van der Waals surface area contributed by atoms with Crippen LogP contribution in [0.1, 0.15) is 35.1 Å². The number of pyridine rings is 1. The molecule has 2 aliphatic carbocycles. The van der Waals surface area contributed by atoms with Gasteiger partial charge in [-0.15, -0.1) is 0 Å². The summed E-state index contributed by atoms with van der Waals surface area (Å²) in [5.74, 6) is 1.87. The average Bonchev–Trinajstić information content (AvgIpc) is 3.67. The average molecular weight is 601 g/mol. The van der Waals surface area contributed by atoms with Crippen molar-refractivity contribution in [1.29, 1.82) is 0 Å². The number of hydrogen-bond acceptors (Lipinski definition) is 2. The first kappa shape index (κ1) is 25.3. The molecule has 6 aromatic carbocycles. The predicted molar refractivity (Wildman–Crippen MR) is 191 cm³/mol. The minimum atomic E-state index is -0.405. The van der Waals surface area contributed by atoms with Crippen molar-refractivity contribution >= 4 is 43.9 Å². The second-order valence-corrected chi connectivity index (χ2v) is 12.9. The summed E-state index contributed by atoms with van der Waals surface area (Å²) in [6, 6.07) is 48.4. The van der Waals surface area contributed by atoms with Crippen LogP contribution in [0, 0.1) is 0 Å². The van der Waals surface area contributed by atoms with Gasteiger partial charge in [-0.1, -0.05) is 115 Å². The first-order valence-electron chi connectivity index (χ1n) is 16.5. The van der Waals surface area contributed by atoms with Crippen molar-refractivity contribution in [1.82, 2.24) is 9.38 Å². The lowest BCUT2D eigenvalue weighted by Gasteiger charge is -2.41. The SMILES string of the molecule is C1=CC2=C(CC1)C1(c3ccccc3Oc3c(-c4ccc5c6ccccc6n6c7ccccc7nc6c5c4)cccc31)c1ccccc12. The van der Waals surface area contributed by atoms with Crippen LogP contribution in [0.5, 0.6) is 11.5 Å². The Morgan fingerprint density at radius 2 is 1.38 bits per heavy atom. The first-order chi connectivity index (χ1) is 23.3. The molecule has 47 heavy (non-hydrogen) atoms. The number of ether oxygens (including phenoxy) is 1. The van der Waals surface area contributed by atoms with Gasteiger partial charge < -0.3 is 4.74 Å². The molecule has 3 heteroatoms. The third-order valence-corrected chi connectivity index (χ3v) is 10.7. The lowest BCUT2D eigenvalue weighted by molar-refractivity contribution is 0.433. The van der Waals surface area contributed by atoms with Crippen molar-refractivity contribution in [3.05, 3.63) is 173 Å². The van der Waals surface area contributed by atoms with Gasteiger partial charge in [-0.2, -0.15) is 0 Å². The van der Waals surface area contributed by atoms with E-state index in [2.05, 4.69) is 150 Å². The quantitative estimate of drug-likeness (QED) is 0.175. The van der Waals surface area contributed by atoms with Crippen LogP contribution >= 0.6 is 0 Å². The standard InChI is InChI=1S/C44H28N2O/c1-4-16-34-30(12-1)31-13-2-5-17-35(31)44(34)36-18-6-10-23-41(36)47-42-28(15-11-19-37(42)44)27-24-25-29-32-14-3-8-21-39(32)46-40-22-9-7-20-38(40)45-43(46)33(29)26-27/h1-4,6-16,18-26H,5,17H2. The molecule has 8 aromatic rings. The molecule has 1 aliphatic heterocycles. The number of aromatic nitrogens is 2. The van der Waals surface area contributed by atoms with Gasteiger partial charge in [0.15, 0.2) is 0 Å². The van der Waals surface area contributed by atoms with Gasteiger partial charge in [0.05, 0.1) is 22.0 Å². The molecule has 1 atom stereocenters. The van der Waals surface area contributed by atoms with Gasteiger partial charge in [-0.05, 0) is 76.4 Å². The van der Waals surface area contributed by atoms with E-state index in [4.69, 9.17) is 9.72 Å². The highest BCUT2D eigenvalue weighted by molar-refractivity contribution is 6.14. The molecule has 220 valence electrons. The molecule has 0 amide bonds. The van der Waals surface area contributed by atoms with Crippen molar-refractivity contribution in [3.63, 3.8) is 0 Å². The van der Waals surface area contributed by atoms with Crippen LogP contribution in [0.15, 0.2) is 151 Å². The van der Waals surface area contributed by atoms with Crippen molar-refractivity contribution in [3.8, 4) is 22.6 Å². The van der Waals surface area contributed by atoms with Crippen LogP contribution in [-0.4, -0.2) is 9.38 Å². The van der Waals surface area contributed by atoms with Crippen molar-refractivity contribution in [2.75, 3.05) is 0 Å². The third kappa shape index (κ3) is 3.14. The molecule has 1 spiro atoms. The van der Waals surface area contributed by atoms with Crippen LogP contribution in [0.25, 0.3) is 55.1 Å². The van der Waals surface area contributed by atoms with E-state index in [0.717, 1.165) is 57.5 Å². The Morgan fingerprint density at radius 1 is 0.617 bits per heavy atom.